The van der Waals surface area contributed by atoms with Gasteiger partial charge < -0.3 is 5.32 Å². The number of hydrogen-bond acceptors (Lipinski definition) is 2. The molecule has 0 aromatic heterocycles. The maximum absolute atomic E-state index is 8.82. The summed E-state index contributed by atoms with van der Waals surface area (Å²) in [6.45, 7) is 4.38. The quantitative estimate of drug-likeness (QED) is 0.756. The van der Waals surface area contributed by atoms with Crippen molar-refractivity contribution in [1.29, 1.82) is 5.26 Å². The van der Waals surface area contributed by atoms with Crippen molar-refractivity contribution in [1.82, 2.24) is 5.32 Å². The summed E-state index contributed by atoms with van der Waals surface area (Å²) in [7, 11) is 0. The molecule has 1 aliphatic rings. The number of rotatable bonds is 1. The minimum atomic E-state index is 0.0931. The van der Waals surface area contributed by atoms with Gasteiger partial charge in [0, 0.05) is 11.6 Å². The Kier molecular flexibility index (Phi) is 2.50. The first-order chi connectivity index (χ1) is 7.12. The molecule has 15 heavy (non-hydrogen) atoms. The Morgan fingerprint density at radius 2 is 2.20 bits per heavy atom. The number of nitrogens with zero attached hydrogens (tertiary/aromatic N) is 1. The topological polar surface area (TPSA) is 35.8 Å². The van der Waals surface area contributed by atoms with Crippen molar-refractivity contribution >= 4 is 0 Å². The third kappa shape index (κ3) is 2.03. The summed E-state index contributed by atoms with van der Waals surface area (Å²) < 4.78 is 0. The van der Waals surface area contributed by atoms with Crippen molar-refractivity contribution in [3.05, 3.63) is 35.4 Å². The van der Waals surface area contributed by atoms with Crippen molar-refractivity contribution in [3.8, 4) is 6.07 Å². The Balaban J connectivity index is 2.39. The lowest BCUT2D eigenvalue weighted by molar-refractivity contribution is 0.312. The SMILES string of the molecule is CC1(C)Cc2ccccc2C(CC#N)N1. The van der Waals surface area contributed by atoms with E-state index in [0.29, 0.717) is 6.42 Å². The smallest absolute Gasteiger partial charge is 0.0641 e. The lowest BCUT2D eigenvalue weighted by Crippen LogP contribution is -2.47. The van der Waals surface area contributed by atoms with Crippen LogP contribution in [0.1, 0.15) is 37.4 Å². The monoisotopic (exact) mass is 200 g/mol. The molecular weight excluding hydrogens is 184 g/mol. The first-order valence-corrected chi connectivity index (χ1v) is 5.35. The van der Waals surface area contributed by atoms with Gasteiger partial charge in [0.2, 0.25) is 0 Å². The Labute approximate surface area is 90.9 Å². The van der Waals surface area contributed by atoms with Crippen molar-refractivity contribution in [2.75, 3.05) is 0 Å². The van der Waals surface area contributed by atoms with Crippen LogP contribution in [0.4, 0.5) is 0 Å². The van der Waals surface area contributed by atoms with E-state index in [1.165, 1.54) is 11.1 Å². The molecule has 0 amide bonds. The molecule has 0 spiro atoms. The second-order valence-corrected chi connectivity index (χ2v) is 4.82. The van der Waals surface area contributed by atoms with Gasteiger partial charge in [-0.2, -0.15) is 5.26 Å². The Hall–Kier alpha value is -1.33. The third-order valence-electron chi connectivity index (χ3n) is 2.92. The van der Waals surface area contributed by atoms with Crippen LogP contribution in [-0.4, -0.2) is 5.54 Å². The van der Waals surface area contributed by atoms with E-state index in [1.807, 2.05) is 6.07 Å². The van der Waals surface area contributed by atoms with Crippen molar-refractivity contribution in [3.63, 3.8) is 0 Å². The number of nitrogens with one attached hydrogen (secondary N) is 1. The third-order valence-corrected chi connectivity index (χ3v) is 2.92. The molecule has 1 aromatic carbocycles. The average Bonchev–Trinajstić information content (AvgIpc) is 2.16. The van der Waals surface area contributed by atoms with Gasteiger partial charge in [-0.25, -0.2) is 0 Å². The van der Waals surface area contributed by atoms with Gasteiger partial charge in [-0.05, 0) is 31.4 Å². The molecule has 0 saturated carbocycles. The highest BCUT2D eigenvalue weighted by Crippen LogP contribution is 2.31. The predicted molar refractivity (Wildman–Crippen MR) is 60.3 cm³/mol. The van der Waals surface area contributed by atoms with E-state index < -0.39 is 0 Å². The fourth-order valence-corrected chi connectivity index (χ4v) is 2.36. The van der Waals surface area contributed by atoms with E-state index in [0.717, 1.165) is 6.42 Å². The van der Waals surface area contributed by atoms with Crippen molar-refractivity contribution in [2.45, 2.75) is 38.3 Å². The highest BCUT2D eigenvalue weighted by Gasteiger charge is 2.30. The maximum atomic E-state index is 8.82. The molecule has 1 N–H and O–H groups in total. The molecule has 0 radical (unpaired) electrons. The molecule has 0 saturated heterocycles. The van der Waals surface area contributed by atoms with Crippen molar-refractivity contribution < 1.29 is 0 Å². The molecule has 0 fully saturated rings. The van der Waals surface area contributed by atoms with Crippen LogP contribution >= 0.6 is 0 Å². The Morgan fingerprint density at radius 3 is 2.93 bits per heavy atom. The molecule has 1 aromatic rings. The summed E-state index contributed by atoms with van der Waals surface area (Å²) in [6.07, 6.45) is 1.57. The van der Waals surface area contributed by atoms with Gasteiger partial charge in [0.25, 0.3) is 0 Å². The van der Waals surface area contributed by atoms with E-state index in [1.54, 1.807) is 0 Å². The first-order valence-electron chi connectivity index (χ1n) is 5.35. The molecule has 2 rings (SSSR count). The van der Waals surface area contributed by atoms with Crippen LogP contribution in [0.2, 0.25) is 0 Å². The highest BCUT2D eigenvalue weighted by atomic mass is 15.0. The highest BCUT2D eigenvalue weighted by molar-refractivity contribution is 5.34. The molecule has 2 heteroatoms. The van der Waals surface area contributed by atoms with E-state index in [-0.39, 0.29) is 11.6 Å². The van der Waals surface area contributed by atoms with E-state index >= 15 is 0 Å². The standard InChI is InChI=1S/C13H16N2/c1-13(2)9-10-5-3-4-6-11(10)12(15-13)7-8-14/h3-6,12,15H,7,9H2,1-2H3. The predicted octanol–water partition coefficient (Wildman–Crippen LogP) is 2.57. The number of nitriles is 1. The summed E-state index contributed by atoms with van der Waals surface area (Å²) in [6, 6.07) is 10.9. The Morgan fingerprint density at radius 1 is 1.47 bits per heavy atom. The van der Waals surface area contributed by atoms with Gasteiger partial charge in [0.05, 0.1) is 12.5 Å². The van der Waals surface area contributed by atoms with Crippen molar-refractivity contribution in [2.24, 2.45) is 0 Å². The van der Waals surface area contributed by atoms with Crippen LogP contribution in [-0.2, 0) is 6.42 Å². The minimum Gasteiger partial charge on any atom is -0.304 e. The number of fused-ring (bicyclic) bond motifs is 1. The van der Waals surface area contributed by atoms with Crippen LogP contribution < -0.4 is 5.32 Å². The zero-order valence-electron chi connectivity index (χ0n) is 9.25. The summed E-state index contributed by atoms with van der Waals surface area (Å²) >= 11 is 0. The summed E-state index contributed by atoms with van der Waals surface area (Å²) in [4.78, 5) is 0. The van der Waals surface area contributed by atoms with Gasteiger partial charge in [-0.3, -0.25) is 0 Å². The first kappa shape index (κ1) is 10.2. The minimum absolute atomic E-state index is 0.0931. The molecule has 1 unspecified atom stereocenters. The van der Waals surface area contributed by atoms with E-state index in [2.05, 4.69) is 43.4 Å². The van der Waals surface area contributed by atoms with Crippen LogP contribution in [0.25, 0.3) is 0 Å². The molecule has 0 bridgehead atoms. The molecule has 78 valence electrons. The Bertz CT molecular complexity index is 401. The lowest BCUT2D eigenvalue weighted by Gasteiger charge is -2.38. The van der Waals surface area contributed by atoms with Gasteiger partial charge in [-0.15, -0.1) is 0 Å². The lowest BCUT2D eigenvalue weighted by atomic mass is 9.83. The molecule has 1 atom stereocenters. The van der Waals surface area contributed by atoms with Crippen LogP contribution in [0.15, 0.2) is 24.3 Å². The maximum Gasteiger partial charge on any atom is 0.0641 e. The van der Waals surface area contributed by atoms with E-state index in [4.69, 9.17) is 5.26 Å². The molecule has 2 nitrogen and oxygen atoms in total. The fourth-order valence-electron chi connectivity index (χ4n) is 2.36. The van der Waals surface area contributed by atoms with Gasteiger partial charge in [0.15, 0.2) is 0 Å². The van der Waals surface area contributed by atoms with Crippen LogP contribution in [0.3, 0.4) is 0 Å². The second kappa shape index (κ2) is 3.67. The molecule has 1 aliphatic heterocycles. The average molecular weight is 200 g/mol. The van der Waals surface area contributed by atoms with Gasteiger partial charge >= 0.3 is 0 Å². The zero-order valence-corrected chi connectivity index (χ0v) is 9.25. The van der Waals surface area contributed by atoms with E-state index in [9.17, 15) is 0 Å². The van der Waals surface area contributed by atoms with Crippen LogP contribution in [0.5, 0.6) is 0 Å². The number of hydrogen-bond donors (Lipinski definition) is 1. The number of benzene rings is 1. The zero-order chi connectivity index (χ0) is 10.9. The largest absolute Gasteiger partial charge is 0.304 e. The fraction of sp³-hybridized carbons (Fsp3) is 0.462. The molecular formula is C13H16N2. The summed E-state index contributed by atoms with van der Waals surface area (Å²) in [5.41, 5.74) is 2.76. The summed E-state index contributed by atoms with van der Waals surface area (Å²) in [5, 5.41) is 12.4. The normalized spacial score (nSPS) is 22.9. The van der Waals surface area contributed by atoms with Crippen LogP contribution in [0, 0.1) is 11.3 Å². The summed E-state index contributed by atoms with van der Waals surface area (Å²) in [5.74, 6) is 0. The second-order valence-electron chi connectivity index (χ2n) is 4.82. The van der Waals surface area contributed by atoms with Gasteiger partial charge in [0.1, 0.15) is 0 Å². The van der Waals surface area contributed by atoms with Gasteiger partial charge in [-0.1, -0.05) is 24.3 Å². The molecule has 0 aliphatic carbocycles. The molecule has 1 heterocycles.